The maximum atomic E-state index is 11.2. The number of carbonyl (C=O) groups is 1. The fraction of sp³-hybridized carbons (Fsp3) is 0.286. The Labute approximate surface area is 121 Å². The number of Topliss-reactive ketones (excluding diaryl/α,β-unsaturated/α-hetero) is 1. The van der Waals surface area contributed by atoms with E-state index >= 15 is 0 Å². The molecule has 70 valence electrons. The Morgan fingerprint density at radius 1 is 1.43 bits per heavy atom. The molecule has 0 bridgehead atoms. The second kappa shape index (κ2) is 5.03. The number of hydrogen-bond donors (Lipinski definition) is 1. The van der Waals surface area contributed by atoms with Gasteiger partial charge in [0.1, 0.15) is 0 Å². The number of rotatable bonds is 1. The molecule has 0 unspecified atom stereocenters. The van der Waals surface area contributed by atoms with Crippen LogP contribution in [0.2, 0.25) is 0 Å². The van der Waals surface area contributed by atoms with Crippen molar-refractivity contribution in [3.63, 3.8) is 0 Å². The first kappa shape index (κ1) is 13.8. The molecule has 0 aliphatic rings. The molecule has 0 aliphatic heterocycles. The molecule has 1 aromatic heterocycles. The van der Waals surface area contributed by atoms with E-state index in [0.717, 1.165) is 6.92 Å². The summed E-state index contributed by atoms with van der Waals surface area (Å²) in [4.78, 5) is 34.7. The van der Waals surface area contributed by atoms with E-state index < -0.39 is 28.5 Å². The van der Waals surface area contributed by atoms with Gasteiger partial charge in [-0.05, 0) is 12.8 Å². The van der Waals surface area contributed by atoms with E-state index in [9.17, 15) is 19.5 Å². The van der Waals surface area contributed by atoms with Crippen LogP contribution in [-0.2, 0) is 7.05 Å². The predicted molar refractivity (Wildman–Crippen MR) is 41.8 cm³/mol. The van der Waals surface area contributed by atoms with E-state index in [1.54, 1.807) is 0 Å². The van der Waals surface area contributed by atoms with Gasteiger partial charge in [0.25, 0.3) is 5.56 Å². The van der Waals surface area contributed by atoms with Gasteiger partial charge in [0.2, 0.25) is 0 Å². The molecule has 1 aromatic rings. The Hall–Kier alpha value is -0.214. The Balaban J connectivity index is 0.00000169. The summed E-state index contributed by atoms with van der Waals surface area (Å²) in [5.74, 6) is -1.58. The first-order valence-electron chi connectivity index (χ1n) is 3.46. The van der Waals surface area contributed by atoms with Crippen LogP contribution in [0, 0.1) is 0 Å². The summed E-state index contributed by atoms with van der Waals surface area (Å²) < 4.78 is 0.679. The van der Waals surface area contributed by atoms with Gasteiger partial charge in [0, 0.05) is 7.05 Å². The van der Waals surface area contributed by atoms with Gasteiger partial charge in [-0.3, -0.25) is 14.2 Å². The van der Waals surface area contributed by atoms with Crippen LogP contribution in [0.3, 0.4) is 0 Å². The third-order valence-electron chi connectivity index (χ3n) is 1.62. The molecule has 0 aromatic carbocycles. The zero-order valence-corrected chi connectivity index (χ0v) is 11.2. The monoisotopic (exact) mass is 222 g/mol. The third kappa shape index (κ3) is 2.42. The van der Waals surface area contributed by atoms with Crippen molar-refractivity contribution in [2.24, 2.45) is 7.05 Å². The van der Waals surface area contributed by atoms with Crippen LogP contribution in [0.1, 0.15) is 17.3 Å². The van der Waals surface area contributed by atoms with Crippen molar-refractivity contribution < 1.29 is 61.3 Å². The summed E-state index contributed by atoms with van der Waals surface area (Å²) in [5, 5.41) is 11.0. The minimum Gasteiger partial charge on any atom is -0.859 e. The van der Waals surface area contributed by atoms with Gasteiger partial charge in [-0.15, -0.1) is 0 Å². The normalized spacial score (nSPS) is 9.29. The fourth-order valence-corrected chi connectivity index (χ4v) is 0.911. The predicted octanol–water partition coefficient (Wildman–Crippen LogP) is -4.65. The Morgan fingerprint density at radius 3 is 2.36 bits per heavy atom. The molecule has 1 N–H and O–H groups in total. The number of H-pyrrole nitrogens is 1. The second-order valence-electron chi connectivity index (χ2n) is 2.55. The van der Waals surface area contributed by atoms with Crippen molar-refractivity contribution in [1.82, 2.24) is 9.55 Å². The molecule has 1 rings (SSSR count). The summed E-state index contributed by atoms with van der Waals surface area (Å²) in [6, 6.07) is 0. The largest absolute Gasteiger partial charge is 1.00 e. The van der Waals surface area contributed by atoms with Crippen LogP contribution in [0.4, 0.5) is 0 Å². The van der Waals surface area contributed by atoms with E-state index in [2.05, 4.69) is 0 Å². The smallest absolute Gasteiger partial charge is 0.859 e. The molecule has 0 radical (unpaired) electrons. The molecule has 7 heteroatoms. The van der Waals surface area contributed by atoms with Gasteiger partial charge in [-0.1, -0.05) is 0 Å². The molecule has 0 aliphatic carbocycles. The minimum absolute atomic E-state index is 0. The number of hydrogen-bond acceptors (Lipinski definition) is 4. The molecule has 0 spiro atoms. The Bertz CT molecular complexity index is 474. The van der Waals surface area contributed by atoms with Crippen LogP contribution in [0.5, 0.6) is 5.88 Å². The van der Waals surface area contributed by atoms with Crippen molar-refractivity contribution in [2.45, 2.75) is 6.92 Å². The van der Waals surface area contributed by atoms with Crippen LogP contribution in [0.25, 0.3) is 0 Å². The average Bonchev–Trinajstić information content (AvgIpc) is 1.99. The topological polar surface area (TPSA) is 95.0 Å². The van der Waals surface area contributed by atoms with Crippen LogP contribution in [-0.4, -0.2) is 15.3 Å². The summed E-state index contributed by atoms with van der Waals surface area (Å²) in [7, 11) is 1.19. The van der Waals surface area contributed by atoms with Gasteiger partial charge in [-0.2, -0.15) is 0 Å². The Morgan fingerprint density at radius 2 is 1.93 bits per heavy atom. The average molecular weight is 222 g/mol. The number of carbonyl (C=O) groups excluding carboxylic acids is 1. The van der Waals surface area contributed by atoms with Gasteiger partial charge in [-0.25, -0.2) is 4.79 Å². The van der Waals surface area contributed by atoms with Crippen LogP contribution < -0.4 is 67.7 Å². The van der Waals surface area contributed by atoms with Gasteiger partial charge < -0.3 is 10.1 Å². The van der Waals surface area contributed by atoms with E-state index in [1.807, 2.05) is 4.98 Å². The van der Waals surface area contributed by atoms with E-state index in [4.69, 9.17) is 0 Å². The van der Waals surface area contributed by atoms with Crippen molar-refractivity contribution >= 4 is 5.78 Å². The third-order valence-corrected chi connectivity index (χ3v) is 1.62. The van der Waals surface area contributed by atoms with Crippen molar-refractivity contribution in [3.05, 3.63) is 26.4 Å². The van der Waals surface area contributed by atoms with Gasteiger partial charge in [0.15, 0.2) is 5.78 Å². The molecule has 0 fully saturated rings. The maximum absolute atomic E-state index is 11.2. The molecule has 0 amide bonds. The van der Waals surface area contributed by atoms with Crippen LogP contribution >= 0.6 is 0 Å². The molecule has 0 atom stereocenters. The zero-order valence-electron chi connectivity index (χ0n) is 8.08. The summed E-state index contributed by atoms with van der Waals surface area (Å²) in [6.45, 7) is 1.09. The molecule has 1 heterocycles. The molecule has 14 heavy (non-hydrogen) atoms. The molecule has 6 nitrogen and oxygen atoms in total. The quantitative estimate of drug-likeness (QED) is 0.382. The zero-order chi connectivity index (χ0) is 10.2. The standard InChI is InChI=1S/C7H8N2O4.K/c1-3(10)4-5(11)8-7(13)9(2)6(4)12;/h11H,1-2H3,(H,8,13);/q;+1/p-1. The van der Waals surface area contributed by atoms with Gasteiger partial charge >= 0.3 is 57.1 Å². The second-order valence-corrected chi connectivity index (χ2v) is 2.55. The van der Waals surface area contributed by atoms with Crippen molar-refractivity contribution in [1.29, 1.82) is 0 Å². The van der Waals surface area contributed by atoms with E-state index in [1.165, 1.54) is 7.05 Å². The maximum Gasteiger partial charge on any atom is 1.00 e. The number of nitrogens with zero attached hydrogens (tertiary/aromatic N) is 1. The van der Waals surface area contributed by atoms with E-state index in [-0.39, 0.29) is 51.4 Å². The minimum atomic E-state index is -0.930. The summed E-state index contributed by atoms with van der Waals surface area (Å²) in [6.07, 6.45) is 0. The summed E-state index contributed by atoms with van der Waals surface area (Å²) in [5.41, 5.74) is -2.19. The molecular formula is C7H7KN2O4. The van der Waals surface area contributed by atoms with Crippen molar-refractivity contribution in [3.8, 4) is 5.88 Å². The van der Waals surface area contributed by atoms with Crippen LogP contribution in [0.15, 0.2) is 9.59 Å². The number of aromatic nitrogens is 2. The number of nitrogens with one attached hydrogen (secondary N) is 1. The SMILES string of the molecule is CC(=O)c1c([O-])[nH]c(=O)n(C)c1=O.[K+]. The van der Waals surface area contributed by atoms with Crippen molar-refractivity contribution in [2.75, 3.05) is 0 Å². The fourth-order valence-electron chi connectivity index (χ4n) is 0.911. The number of aromatic amines is 1. The first-order valence-corrected chi connectivity index (χ1v) is 3.46. The van der Waals surface area contributed by atoms with E-state index in [0.29, 0.717) is 4.57 Å². The molecular weight excluding hydrogens is 215 g/mol. The van der Waals surface area contributed by atoms with Gasteiger partial charge in [0.05, 0.1) is 5.56 Å². The number of ketones is 1. The molecule has 0 saturated heterocycles. The Kier molecular flexibility index (Phi) is 4.96. The molecule has 0 saturated carbocycles. The first-order chi connectivity index (χ1) is 5.95. The summed E-state index contributed by atoms with van der Waals surface area (Å²) >= 11 is 0.